The minimum Gasteiger partial charge on any atom is -0.454 e. The molecule has 8 nitrogen and oxygen atoms in total. The molecule has 0 saturated carbocycles. The van der Waals surface area contributed by atoms with E-state index in [1.807, 2.05) is 12.1 Å². The summed E-state index contributed by atoms with van der Waals surface area (Å²) in [6, 6.07) is 7.20. The van der Waals surface area contributed by atoms with Gasteiger partial charge in [-0.3, -0.25) is 9.48 Å². The lowest BCUT2D eigenvalue weighted by Crippen LogP contribution is -2.35. The van der Waals surface area contributed by atoms with Crippen molar-refractivity contribution in [3.05, 3.63) is 40.6 Å². The first-order valence-electron chi connectivity index (χ1n) is 7.98. The standard InChI is InChI=1S/C17H12BrN5O3/c18-10-6-15-14(25-8-26-15)5-9(10)16-19-2-1-11(21-16)12-7-13-17(24)20-3-4-23(13)22-12/h1-2,5-7H,3-4,8H2,(H,20,24). The smallest absolute Gasteiger partial charge is 0.269 e. The maximum atomic E-state index is 11.9. The first-order chi connectivity index (χ1) is 12.7. The average Bonchev–Trinajstić information content (AvgIpc) is 3.28. The fraction of sp³-hybridized carbons (Fsp3) is 0.176. The molecule has 130 valence electrons. The van der Waals surface area contributed by atoms with Crippen molar-refractivity contribution in [3.8, 4) is 34.3 Å². The Labute approximate surface area is 156 Å². The van der Waals surface area contributed by atoms with Gasteiger partial charge in [-0.05, 0) is 40.2 Å². The predicted molar refractivity (Wildman–Crippen MR) is 94.8 cm³/mol. The number of rotatable bonds is 2. The van der Waals surface area contributed by atoms with Crippen molar-refractivity contribution in [1.29, 1.82) is 0 Å². The van der Waals surface area contributed by atoms with Crippen LogP contribution in [0, 0.1) is 0 Å². The van der Waals surface area contributed by atoms with Crippen LogP contribution in [0.3, 0.4) is 0 Å². The van der Waals surface area contributed by atoms with Gasteiger partial charge in [0.1, 0.15) is 11.4 Å². The molecule has 26 heavy (non-hydrogen) atoms. The third-order valence-electron chi connectivity index (χ3n) is 4.24. The lowest BCUT2D eigenvalue weighted by Gasteiger charge is -2.13. The van der Waals surface area contributed by atoms with Gasteiger partial charge in [-0.1, -0.05) is 0 Å². The Bertz CT molecular complexity index is 1050. The number of carbonyl (C=O) groups is 1. The summed E-state index contributed by atoms with van der Waals surface area (Å²) in [7, 11) is 0. The molecule has 2 aromatic heterocycles. The normalized spacial score (nSPS) is 14.9. The zero-order valence-electron chi connectivity index (χ0n) is 13.4. The second kappa shape index (κ2) is 5.80. The Morgan fingerprint density at radius 2 is 2.00 bits per heavy atom. The highest BCUT2D eigenvalue weighted by Crippen LogP contribution is 2.40. The number of nitrogens with zero attached hydrogens (tertiary/aromatic N) is 4. The molecule has 0 unspecified atom stereocenters. The Morgan fingerprint density at radius 1 is 1.15 bits per heavy atom. The molecule has 0 spiro atoms. The van der Waals surface area contributed by atoms with Crippen molar-refractivity contribution in [2.45, 2.75) is 6.54 Å². The average molecular weight is 414 g/mol. The van der Waals surface area contributed by atoms with Crippen LogP contribution in [-0.2, 0) is 6.54 Å². The van der Waals surface area contributed by atoms with E-state index in [4.69, 9.17) is 9.47 Å². The van der Waals surface area contributed by atoms with Crippen molar-refractivity contribution < 1.29 is 14.3 Å². The maximum absolute atomic E-state index is 11.9. The molecule has 0 aliphatic carbocycles. The van der Waals surface area contributed by atoms with Crippen LogP contribution in [0.15, 0.2) is 34.9 Å². The Balaban J connectivity index is 1.57. The lowest BCUT2D eigenvalue weighted by molar-refractivity contribution is 0.0924. The number of fused-ring (bicyclic) bond motifs is 2. The van der Waals surface area contributed by atoms with Crippen LogP contribution in [0.5, 0.6) is 11.5 Å². The van der Waals surface area contributed by atoms with Gasteiger partial charge < -0.3 is 14.8 Å². The molecule has 1 amide bonds. The molecule has 0 radical (unpaired) electrons. The quantitative estimate of drug-likeness (QED) is 0.692. The molecule has 2 aliphatic heterocycles. The molecule has 4 heterocycles. The van der Waals surface area contributed by atoms with Crippen LogP contribution in [-0.4, -0.2) is 39.0 Å². The summed E-state index contributed by atoms with van der Waals surface area (Å²) >= 11 is 3.53. The van der Waals surface area contributed by atoms with Crippen LogP contribution < -0.4 is 14.8 Å². The SMILES string of the molecule is O=C1NCCn2nc(-c3ccnc(-c4cc5c(cc4Br)OCO5)n3)cc21. The molecule has 5 rings (SSSR count). The highest BCUT2D eigenvalue weighted by Gasteiger charge is 2.22. The second-order valence-corrected chi connectivity index (χ2v) is 6.70. The number of nitrogens with one attached hydrogen (secondary N) is 1. The van der Waals surface area contributed by atoms with E-state index in [-0.39, 0.29) is 12.7 Å². The van der Waals surface area contributed by atoms with Crippen molar-refractivity contribution in [1.82, 2.24) is 25.1 Å². The van der Waals surface area contributed by atoms with E-state index in [0.717, 1.165) is 10.0 Å². The van der Waals surface area contributed by atoms with Crippen LogP contribution in [0.4, 0.5) is 0 Å². The van der Waals surface area contributed by atoms with E-state index in [0.29, 0.717) is 47.5 Å². The number of halogens is 1. The van der Waals surface area contributed by atoms with E-state index in [1.165, 1.54) is 0 Å². The Kier molecular flexibility index (Phi) is 3.42. The predicted octanol–water partition coefficient (Wildman–Crippen LogP) is 2.24. The fourth-order valence-corrected chi connectivity index (χ4v) is 3.48. The number of ether oxygens (including phenoxy) is 2. The third-order valence-corrected chi connectivity index (χ3v) is 4.90. The molecule has 1 N–H and O–H groups in total. The van der Waals surface area contributed by atoms with Gasteiger partial charge in [0.25, 0.3) is 5.91 Å². The van der Waals surface area contributed by atoms with Crippen LogP contribution in [0.25, 0.3) is 22.8 Å². The number of carbonyl (C=O) groups excluding carboxylic acids is 1. The second-order valence-electron chi connectivity index (χ2n) is 5.84. The number of aromatic nitrogens is 4. The zero-order chi connectivity index (χ0) is 17.7. The van der Waals surface area contributed by atoms with E-state index in [1.54, 1.807) is 23.0 Å². The Morgan fingerprint density at radius 3 is 2.85 bits per heavy atom. The topological polar surface area (TPSA) is 91.2 Å². The monoisotopic (exact) mass is 413 g/mol. The highest BCUT2D eigenvalue weighted by atomic mass is 79.9. The molecule has 3 aromatic rings. The van der Waals surface area contributed by atoms with Crippen LogP contribution in [0.1, 0.15) is 10.5 Å². The number of benzene rings is 1. The maximum Gasteiger partial charge on any atom is 0.269 e. The molecule has 0 atom stereocenters. The van der Waals surface area contributed by atoms with E-state index >= 15 is 0 Å². The van der Waals surface area contributed by atoms with E-state index in [2.05, 4.69) is 36.3 Å². The largest absolute Gasteiger partial charge is 0.454 e. The number of hydrogen-bond donors (Lipinski definition) is 1. The van der Waals surface area contributed by atoms with Gasteiger partial charge in [-0.2, -0.15) is 5.10 Å². The van der Waals surface area contributed by atoms with Gasteiger partial charge >= 0.3 is 0 Å². The molecule has 0 saturated heterocycles. The summed E-state index contributed by atoms with van der Waals surface area (Å²) < 4.78 is 13.3. The van der Waals surface area contributed by atoms with E-state index in [9.17, 15) is 4.79 Å². The number of amides is 1. The van der Waals surface area contributed by atoms with Gasteiger partial charge in [0.2, 0.25) is 6.79 Å². The minimum absolute atomic E-state index is 0.122. The summed E-state index contributed by atoms with van der Waals surface area (Å²) in [6.45, 7) is 1.42. The Hall–Kier alpha value is -2.94. The molecular weight excluding hydrogens is 402 g/mol. The van der Waals surface area contributed by atoms with Crippen molar-refractivity contribution in [3.63, 3.8) is 0 Å². The summed E-state index contributed by atoms with van der Waals surface area (Å²) in [5, 5.41) is 7.30. The number of hydrogen-bond acceptors (Lipinski definition) is 6. The van der Waals surface area contributed by atoms with Crippen LogP contribution >= 0.6 is 15.9 Å². The first kappa shape index (κ1) is 15.3. The first-order valence-corrected chi connectivity index (χ1v) is 8.77. The van der Waals surface area contributed by atoms with Gasteiger partial charge in [0.05, 0.1) is 12.2 Å². The zero-order valence-corrected chi connectivity index (χ0v) is 15.0. The highest BCUT2D eigenvalue weighted by molar-refractivity contribution is 9.10. The van der Waals surface area contributed by atoms with Crippen molar-refractivity contribution in [2.75, 3.05) is 13.3 Å². The van der Waals surface area contributed by atoms with Gasteiger partial charge in [0, 0.05) is 22.8 Å². The van der Waals surface area contributed by atoms with Crippen molar-refractivity contribution >= 4 is 21.8 Å². The lowest BCUT2D eigenvalue weighted by atomic mass is 10.1. The van der Waals surface area contributed by atoms with E-state index < -0.39 is 0 Å². The summed E-state index contributed by atoms with van der Waals surface area (Å²) in [5.74, 6) is 1.75. The molecule has 0 bridgehead atoms. The minimum atomic E-state index is -0.122. The van der Waals surface area contributed by atoms with Gasteiger partial charge in [-0.15, -0.1) is 0 Å². The third kappa shape index (κ3) is 2.43. The summed E-state index contributed by atoms with van der Waals surface area (Å²) in [6.07, 6.45) is 1.67. The molecule has 1 aromatic carbocycles. The molecule has 9 heteroatoms. The van der Waals surface area contributed by atoms with Gasteiger partial charge in [0.15, 0.2) is 17.3 Å². The molecular formula is C17H12BrN5O3. The summed E-state index contributed by atoms with van der Waals surface area (Å²) in [4.78, 5) is 20.9. The molecule has 0 fully saturated rings. The van der Waals surface area contributed by atoms with Gasteiger partial charge in [-0.25, -0.2) is 9.97 Å². The van der Waals surface area contributed by atoms with Crippen molar-refractivity contribution in [2.24, 2.45) is 0 Å². The fourth-order valence-electron chi connectivity index (χ4n) is 2.98. The molecule has 2 aliphatic rings. The van der Waals surface area contributed by atoms with Crippen LogP contribution in [0.2, 0.25) is 0 Å². The summed E-state index contributed by atoms with van der Waals surface area (Å²) in [5.41, 5.74) is 2.61.